The summed E-state index contributed by atoms with van der Waals surface area (Å²) < 4.78 is 3.71. The molecule has 5 nitrogen and oxygen atoms in total. The van der Waals surface area contributed by atoms with Gasteiger partial charge < -0.3 is 0 Å². The number of para-hydroxylation sites is 1. The summed E-state index contributed by atoms with van der Waals surface area (Å²) in [6.07, 6.45) is 4.88. The zero-order chi connectivity index (χ0) is 19.6. The summed E-state index contributed by atoms with van der Waals surface area (Å²) in [6.45, 7) is 8.98. The van der Waals surface area contributed by atoms with Gasteiger partial charge in [-0.2, -0.15) is 0 Å². The molecule has 3 heterocycles. The van der Waals surface area contributed by atoms with Crippen molar-refractivity contribution in [1.29, 1.82) is 0 Å². The van der Waals surface area contributed by atoms with Crippen LogP contribution < -0.4 is 5.56 Å². The monoisotopic (exact) mass is 392 g/mol. The van der Waals surface area contributed by atoms with E-state index in [1.807, 2.05) is 35.6 Å². The highest BCUT2D eigenvalue weighted by Gasteiger charge is 2.32. The second kappa shape index (κ2) is 6.01. The number of hydrogen-bond donors (Lipinski definition) is 0. The summed E-state index contributed by atoms with van der Waals surface area (Å²) in [5.74, 6) is 1.22. The van der Waals surface area contributed by atoms with Gasteiger partial charge in [-0.3, -0.25) is 9.20 Å². The Morgan fingerprint density at radius 1 is 1.21 bits per heavy atom. The second-order valence-electron chi connectivity index (χ2n) is 8.92. The average molecular weight is 393 g/mol. The van der Waals surface area contributed by atoms with Crippen molar-refractivity contribution in [3.8, 4) is 5.69 Å². The van der Waals surface area contributed by atoms with Crippen molar-refractivity contribution in [3.05, 3.63) is 57.0 Å². The van der Waals surface area contributed by atoms with Gasteiger partial charge in [0.05, 0.1) is 11.1 Å². The van der Waals surface area contributed by atoms with Crippen molar-refractivity contribution in [3.63, 3.8) is 0 Å². The second-order valence-corrected chi connectivity index (χ2v) is 10.0. The van der Waals surface area contributed by atoms with E-state index < -0.39 is 0 Å². The highest BCUT2D eigenvalue weighted by molar-refractivity contribution is 7.18. The molecule has 1 aliphatic carbocycles. The topological polar surface area (TPSA) is 52.2 Å². The van der Waals surface area contributed by atoms with Crippen LogP contribution in [-0.2, 0) is 12.8 Å². The number of hydrogen-bond acceptors (Lipinski definition) is 4. The minimum absolute atomic E-state index is 0.0245. The van der Waals surface area contributed by atoms with Crippen molar-refractivity contribution in [2.24, 2.45) is 11.3 Å². The Balaban J connectivity index is 1.83. The van der Waals surface area contributed by atoms with E-state index in [2.05, 4.69) is 31.0 Å². The van der Waals surface area contributed by atoms with Gasteiger partial charge in [0.15, 0.2) is 0 Å². The van der Waals surface area contributed by atoms with E-state index in [1.165, 1.54) is 10.4 Å². The number of thiophene rings is 1. The van der Waals surface area contributed by atoms with E-state index in [4.69, 9.17) is 0 Å². The Labute approximate surface area is 167 Å². The minimum atomic E-state index is 0.0245. The Morgan fingerprint density at radius 3 is 2.75 bits per heavy atom. The van der Waals surface area contributed by atoms with Crippen LogP contribution in [0.5, 0.6) is 0 Å². The van der Waals surface area contributed by atoms with Crippen LogP contribution in [0.2, 0.25) is 0 Å². The van der Waals surface area contributed by atoms with Gasteiger partial charge in [-0.15, -0.1) is 21.5 Å². The quantitative estimate of drug-likeness (QED) is 0.477. The standard InChI is InChI=1S/C22H24N4OS/c1-13-7-5-6-8-16(13)26-19(27)18-15-10-9-14(22(2,3)4)11-17(15)28-20(18)25-12-23-24-21(25)26/h5-8,12,14H,9-11H2,1-4H3. The lowest BCUT2D eigenvalue weighted by Crippen LogP contribution is -2.27. The molecule has 0 aliphatic heterocycles. The van der Waals surface area contributed by atoms with Crippen molar-refractivity contribution < 1.29 is 0 Å². The van der Waals surface area contributed by atoms with E-state index >= 15 is 0 Å². The number of aryl methyl sites for hydroxylation is 2. The zero-order valence-electron chi connectivity index (χ0n) is 16.7. The molecule has 0 amide bonds. The summed E-state index contributed by atoms with van der Waals surface area (Å²) in [7, 11) is 0. The maximum Gasteiger partial charge on any atom is 0.268 e. The van der Waals surface area contributed by atoms with Crippen molar-refractivity contribution in [2.45, 2.75) is 47.0 Å². The molecule has 3 aromatic heterocycles. The van der Waals surface area contributed by atoms with Crippen LogP contribution in [-0.4, -0.2) is 19.2 Å². The molecule has 1 atom stereocenters. The number of rotatable bonds is 1. The third-order valence-electron chi connectivity index (χ3n) is 6.19. The first-order chi connectivity index (χ1) is 13.4. The van der Waals surface area contributed by atoms with Gasteiger partial charge in [0.1, 0.15) is 11.2 Å². The maximum atomic E-state index is 13.7. The molecule has 0 spiro atoms. The van der Waals surface area contributed by atoms with E-state index in [1.54, 1.807) is 22.2 Å². The Hall–Kier alpha value is -2.47. The van der Waals surface area contributed by atoms with Gasteiger partial charge in [0.2, 0.25) is 5.78 Å². The number of benzene rings is 1. The average Bonchev–Trinajstić information content (AvgIpc) is 3.26. The van der Waals surface area contributed by atoms with Gasteiger partial charge in [-0.25, -0.2) is 4.57 Å². The van der Waals surface area contributed by atoms with Crippen molar-refractivity contribution >= 4 is 27.3 Å². The maximum absolute atomic E-state index is 13.7. The van der Waals surface area contributed by atoms with Crippen molar-refractivity contribution in [2.75, 3.05) is 0 Å². The molecule has 0 saturated carbocycles. The molecule has 6 heteroatoms. The predicted octanol–water partition coefficient (Wildman–Crippen LogP) is 4.55. The molecule has 1 aliphatic rings. The molecule has 5 rings (SSSR count). The minimum Gasteiger partial charge on any atom is -0.268 e. The fraction of sp³-hybridized carbons (Fsp3) is 0.409. The van der Waals surface area contributed by atoms with Gasteiger partial charge in [-0.1, -0.05) is 39.0 Å². The van der Waals surface area contributed by atoms with Crippen molar-refractivity contribution in [1.82, 2.24) is 19.2 Å². The summed E-state index contributed by atoms with van der Waals surface area (Å²) in [4.78, 5) is 16.0. The van der Waals surface area contributed by atoms with Crippen LogP contribution >= 0.6 is 11.3 Å². The normalized spacial score (nSPS) is 17.4. The Bertz CT molecular complexity index is 1270. The molecule has 1 aromatic carbocycles. The van der Waals surface area contributed by atoms with Crippen LogP contribution in [0.15, 0.2) is 35.4 Å². The van der Waals surface area contributed by atoms with Crippen LogP contribution in [0.4, 0.5) is 0 Å². The molecule has 0 fully saturated rings. The SMILES string of the molecule is Cc1ccccc1-n1c(=O)c2c3c(sc2n2cnnc12)CC(C(C)(C)C)CC3. The van der Waals surface area contributed by atoms with Crippen LogP contribution in [0.25, 0.3) is 21.7 Å². The van der Waals surface area contributed by atoms with Crippen LogP contribution in [0.3, 0.4) is 0 Å². The molecular formula is C22H24N4OS. The molecular weight excluding hydrogens is 368 g/mol. The Kier molecular flexibility index (Phi) is 3.78. The van der Waals surface area contributed by atoms with E-state index in [9.17, 15) is 4.79 Å². The van der Waals surface area contributed by atoms with Gasteiger partial charge in [-0.05, 0) is 54.7 Å². The van der Waals surface area contributed by atoms with Gasteiger partial charge in [0.25, 0.3) is 5.56 Å². The zero-order valence-corrected chi connectivity index (χ0v) is 17.5. The largest absolute Gasteiger partial charge is 0.268 e. The number of nitrogens with zero attached hydrogens (tertiary/aromatic N) is 4. The highest BCUT2D eigenvalue weighted by atomic mass is 32.1. The number of fused-ring (bicyclic) bond motifs is 5. The summed E-state index contributed by atoms with van der Waals surface area (Å²) in [6, 6.07) is 7.95. The van der Waals surface area contributed by atoms with E-state index in [-0.39, 0.29) is 11.0 Å². The lowest BCUT2D eigenvalue weighted by atomic mass is 9.72. The third-order valence-corrected chi connectivity index (χ3v) is 7.45. The van der Waals surface area contributed by atoms with Gasteiger partial charge in [0, 0.05) is 4.88 Å². The third kappa shape index (κ3) is 2.47. The Morgan fingerprint density at radius 2 is 2.00 bits per heavy atom. The summed E-state index contributed by atoms with van der Waals surface area (Å²) in [5, 5.41) is 9.27. The molecule has 4 aromatic rings. The first-order valence-electron chi connectivity index (χ1n) is 9.81. The first-order valence-corrected chi connectivity index (χ1v) is 10.6. The molecule has 1 unspecified atom stereocenters. The summed E-state index contributed by atoms with van der Waals surface area (Å²) in [5.41, 5.74) is 3.46. The fourth-order valence-electron chi connectivity index (χ4n) is 4.46. The molecule has 0 bridgehead atoms. The number of aromatic nitrogens is 4. The molecule has 0 N–H and O–H groups in total. The molecule has 0 radical (unpaired) electrons. The fourth-order valence-corrected chi connectivity index (χ4v) is 5.84. The molecule has 144 valence electrons. The predicted molar refractivity (Wildman–Crippen MR) is 114 cm³/mol. The highest BCUT2D eigenvalue weighted by Crippen LogP contribution is 2.42. The molecule has 28 heavy (non-hydrogen) atoms. The van der Waals surface area contributed by atoms with Crippen LogP contribution in [0, 0.1) is 18.3 Å². The van der Waals surface area contributed by atoms with Gasteiger partial charge >= 0.3 is 0 Å². The van der Waals surface area contributed by atoms with E-state index in [0.717, 1.165) is 40.7 Å². The van der Waals surface area contributed by atoms with E-state index in [0.29, 0.717) is 11.7 Å². The lowest BCUT2D eigenvalue weighted by Gasteiger charge is -2.33. The van der Waals surface area contributed by atoms with Crippen LogP contribution in [0.1, 0.15) is 43.2 Å². The first kappa shape index (κ1) is 17.6. The summed E-state index contributed by atoms with van der Waals surface area (Å²) >= 11 is 1.75. The smallest absolute Gasteiger partial charge is 0.268 e. The lowest BCUT2D eigenvalue weighted by molar-refractivity contribution is 0.218. The molecule has 0 saturated heterocycles.